The second-order valence-electron chi connectivity index (χ2n) is 9.60. The first-order chi connectivity index (χ1) is 13.7. The molecule has 5 rings (SSSR count). The molecule has 0 unspecified atom stereocenters. The number of rotatable bonds is 5. The van der Waals surface area contributed by atoms with Gasteiger partial charge in [-0.2, -0.15) is 0 Å². The van der Waals surface area contributed by atoms with Gasteiger partial charge in [-0.1, -0.05) is 30.3 Å². The van der Waals surface area contributed by atoms with Gasteiger partial charge in [-0.05, 0) is 81.0 Å². The van der Waals surface area contributed by atoms with E-state index in [2.05, 4.69) is 47.1 Å². The summed E-state index contributed by atoms with van der Waals surface area (Å²) in [5.41, 5.74) is 4.34. The minimum Gasteiger partial charge on any atom is -0.342 e. The largest absolute Gasteiger partial charge is 0.342 e. The predicted molar refractivity (Wildman–Crippen MR) is 114 cm³/mol. The van der Waals surface area contributed by atoms with Gasteiger partial charge in [-0.25, -0.2) is 0 Å². The van der Waals surface area contributed by atoms with E-state index in [9.17, 15) is 4.79 Å². The fourth-order valence-electron chi connectivity index (χ4n) is 5.68. The van der Waals surface area contributed by atoms with Gasteiger partial charge in [-0.3, -0.25) is 4.79 Å². The smallest absolute Gasteiger partial charge is 0.225 e. The van der Waals surface area contributed by atoms with E-state index < -0.39 is 0 Å². The van der Waals surface area contributed by atoms with Crippen molar-refractivity contribution in [2.24, 2.45) is 17.8 Å². The van der Waals surface area contributed by atoms with Crippen LogP contribution in [0, 0.1) is 17.8 Å². The zero-order chi connectivity index (χ0) is 19.1. The van der Waals surface area contributed by atoms with Crippen LogP contribution in [0.1, 0.15) is 56.6 Å². The van der Waals surface area contributed by atoms with E-state index in [1.165, 1.54) is 49.1 Å². The maximum atomic E-state index is 12.5. The summed E-state index contributed by atoms with van der Waals surface area (Å²) in [7, 11) is 0. The van der Waals surface area contributed by atoms with Crippen molar-refractivity contribution in [3.8, 4) is 0 Å². The van der Waals surface area contributed by atoms with Gasteiger partial charge in [-0.15, -0.1) is 0 Å². The number of benzene rings is 1. The number of carbonyl (C=O) groups is 1. The monoisotopic (exact) mass is 378 g/mol. The molecule has 1 amide bonds. The average Bonchev–Trinajstić information content (AvgIpc) is 3.34. The molecular formula is C25H34N2O. The Balaban J connectivity index is 1.24. The van der Waals surface area contributed by atoms with E-state index in [0.29, 0.717) is 23.7 Å². The van der Waals surface area contributed by atoms with Gasteiger partial charge >= 0.3 is 0 Å². The molecule has 2 saturated heterocycles. The lowest BCUT2D eigenvalue weighted by Crippen LogP contribution is -2.30. The maximum Gasteiger partial charge on any atom is 0.225 e. The van der Waals surface area contributed by atoms with Crippen LogP contribution < -0.4 is 0 Å². The van der Waals surface area contributed by atoms with E-state index in [-0.39, 0.29) is 0 Å². The fraction of sp³-hybridized carbons (Fsp3) is 0.640. The van der Waals surface area contributed by atoms with Crippen molar-refractivity contribution in [1.29, 1.82) is 0 Å². The Morgan fingerprint density at radius 2 is 1.89 bits per heavy atom. The number of amides is 1. The summed E-state index contributed by atoms with van der Waals surface area (Å²) in [5.74, 6) is 2.00. The van der Waals surface area contributed by atoms with Crippen molar-refractivity contribution in [3.63, 3.8) is 0 Å². The van der Waals surface area contributed by atoms with Crippen LogP contribution in [0.25, 0.3) is 5.57 Å². The lowest BCUT2D eigenvalue weighted by atomic mass is 9.78. The Morgan fingerprint density at radius 3 is 2.61 bits per heavy atom. The molecular weight excluding hydrogens is 344 g/mol. The fourth-order valence-corrected chi connectivity index (χ4v) is 5.68. The molecule has 0 bridgehead atoms. The minimum absolute atomic E-state index is 0.352. The van der Waals surface area contributed by atoms with Gasteiger partial charge in [0, 0.05) is 37.5 Å². The highest BCUT2D eigenvalue weighted by Gasteiger charge is 2.42. The first kappa shape index (κ1) is 18.4. The maximum absolute atomic E-state index is 12.5. The number of fused-ring (bicyclic) bond motifs is 1. The second kappa shape index (κ2) is 7.67. The zero-order valence-corrected chi connectivity index (χ0v) is 17.3. The molecule has 0 aromatic heterocycles. The lowest BCUT2D eigenvalue weighted by molar-refractivity contribution is -0.131. The third kappa shape index (κ3) is 3.66. The Labute approximate surface area is 169 Å². The van der Waals surface area contributed by atoms with Gasteiger partial charge in [0.15, 0.2) is 0 Å². The van der Waals surface area contributed by atoms with Crippen molar-refractivity contribution in [3.05, 3.63) is 41.5 Å². The molecule has 3 nitrogen and oxygen atoms in total. The van der Waals surface area contributed by atoms with Crippen LogP contribution in [0.4, 0.5) is 0 Å². The molecule has 4 aliphatic rings. The normalized spacial score (nSPS) is 30.4. The SMILES string of the molecule is C[C@@H]1CCCN1CCc1ccc(C2=CCC[C@@H]3CN(C(=O)C4CC4)C[C@H]23)cc1. The molecule has 2 aliphatic carbocycles. The Kier molecular flexibility index (Phi) is 5.04. The number of nitrogens with zero attached hydrogens (tertiary/aromatic N) is 2. The van der Waals surface area contributed by atoms with Crippen molar-refractivity contribution in [2.45, 2.75) is 57.9 Å². The molecule has 2 heterocycles. The van der Waals surface area contributed by atoms with E-state index in [4.69, 9.17) is 0 Å². The molecule has 0 N–H and O–H groups in total. The third-order valence-corrected chi connectivity index (χ3v) is 7.65. The van der Waals surface area contributed by atoms with Gasteiger partial charge in [0.25, 0.3) is 0 Å². The van der Waals surface area contributed by atoms with Gasteiger partial charge in [0.1, 0.15) is 0 Å². The van der Waals surface area contributed by atoms with E-state index in [1.54, 1.807) is 0 Å². The van der Waals surface area contributed by atoms with Crippen LogP contribution in [0.15, 0.2) is 30.3 Å². The Bertz CT molecular complexity index is 748. The summed E-state index contributed by atoms with van der Waals surface area (Å²) < 4.78 is 0. The molecule has 0 radical (unpaired) electrons. The van der Waals surface area contributed by atoms with Crippen LogP contribution in [0.3, 0.4) is 0 Å². The number of likely N-dealkylation sites (tertiary alicyclic amines) is 2. The van der Waals surface area contributed by atoms with E-state index >= 15 is 0 Å². The number of allylic oxidation sites excluding steroid dienone is 1. The summed E-state index contributed by atoms with van der Waals surface area (Å²) in [6.45, 7) is 6.75. The van der Waals surface area contributed by atoms with Crippen LogP contribution >= 0.6 is 0 Å². The topological polar surface area (TPSA) is 23.6 Å². The highest BCUT2D eigenvalue weighted by Crippen LogP contribution is 2.43. The minimum atomic E-state index is 0.352. The molecule has 1 aromatic rings. The summed E-state index contributed by atoms with van der Waals surface area (Å²) in [4.78, 5) is 17.4. The van der Waals surface area contributed by atoms with Gasteiger partial charge in [0.05, 0.1) is 0 Å². The summed E-state index contributed by atoms with van der Waals surface area (Å²) in [6, 6.07) is 10.1. The molecule has 3 heteroatoms. The van der Waals surface area contributed by atoms with Crippen molar-refractivity contribution < 1.29 is 4.79 Å². The number of hydrogen-bond donors (Lipinski definition) is 0. The third-order valence-electron chi connectivity index (χ3n) is 7.65. The Hall–Kier alpha value is -1.61. The standard InChI is InChI=1S/C25H34N2O/c1-18-4-3-14-26(18)15-13-19-7-9-20(10-8-19)23-6-2-5-22-16-27(17-24(22)23)25(28)21-11-12-21/h6-10,18,21-22,24H,2-5,11-17H2,1H3/t18-,22-,24+/m1/s1. The molecule has 0 spiro atoms. The summed E-state index contributed by atoms with van der Waals surface area (Å²) in [5, 5.41) is 0. The van der Waals surface area contributed by atoms with E-state index in [1.807, 2.05) is 0 Å². The van der Waals surface area contributed by atoms with Crippen LogP contribution in [0.5, 0.6) is 0 Å². The van der Waals surface area contributed by atoms with E-state index in [0.717, 1.165) is 44.8 Å². The second-order valence-corrected chi connectivity index (χ2v) is 9.60. The first-order valence-electron chi connectivity index (χ1n) is 11.5. The van der Waals surface area contributed by atoms with Crippen molar-refractivity contribution in [2.75, 3.05) is 26.2 Å². The number of hydrogen-bond acceptors (Lipinski definition) is 2. The van der Waals surface area contributed by atoms with Gasteiger partial charge < -0.3 is 9.80 Å². The lowest BCUT2D eigenvalue weighted by Gasteiger charge is -2.26. The average molecular weight is 379 g/mol. The quantitative estimate of drug-likeness (QED) is 0.759. The molecule has 2 aliphatic heterocycles. The molecule has 3 fully saturated rings. The first-order valence-corrected chi connectivity index (χ1v) is 11.5. The predicted octanol–water partition coefficient (Wildman–Crippen LogP) is 4.38. The Morgan fingerprint density at radius 1 is 1.07 bits per heavy atom. The molecule has 150 valence electrons. The van der Waals surface area contributed by atoms with Gasteiger partial charge in [0.2, 0.25) is 5.91 Å². The van der Waals surface area contributed by atoms with Crippen LogP contribution in [0.2, 0.25) is 0 Å². The van der Waals surface area contributed by atoms with Crippen molar-refractivity contribution >= 4 is 11.5 Å². The summed E-state index contributed by atoms with van der Waals surface area (Å²) >= 11 is 0. The highest BCUT2D eigenvalue weighted by molar-refractivity contribution is 5.82. The van der Waals surface area contributed by atoms with Crippen LogP contribution in [-0.4, -0.2) is 47.9 Å². The molecule has 3 atom stereocenters. The number of carbonyl (C=O) groups excluding carboxylic acids is 1. The summed E-state index contributed by atoms with van der Waals surface area (Å²) in [6.07, 6.45) is 11.0. The van der Waals surface area contributed by atoms with Crippen LogP contribution in [-0.2, 0) is 11.2 Å². The molecule has 1 saturated carbocycles. The zero-order valence-electron chi connectivity index (χ0n) is 17.3. The molecule has 1 aromatic carbocycles. The highest BCUT2D eigenvalue weighted by atomic mass is 16.2. The van der Waals surface area contributed by atoms with Crippen molar-refractivity contribution in [1.82, 2.24) is 9.80 Å². The molecule has 28 heavy (non-hydrogen) atoms.